The second kappa shape index (κ2) is 8.03. The van der Waals surface area contributed by atoms with Gasteiger partial charge in [-0.1, -0.05) is 29.8 Å². The van der Waals surface area contributed by atoms with Gasteiger partial charge >= 0.3 is 0 Å². The van der Waals surface area contributed by atoms with Gasteiger partial charge in [0.25, 0.3) is 5.91 Å². The molecule has 2 aromatic carbocycles. The number of fused-ring (bicyclic) bond motifs is 2. The van der Waals surface area contributed by atoms with Crippen molar-refractivity contribution in [1.82, 2.24) is 20.3 Å². The fourth-order valence-corrected chi connectivity index (χ4v) is 3.93. The van der Waals surface area contributed by atoms with Gasteiger partial charge in [-0.05, 0) is 55.3 Å². The van der Waals surface area contributed by atoms with Gasteiger partial charge in [0.2, 0.25) is 0 Å². The number of benzene rings is 2. The number of carbonyl (C=O) groups excluding carboxylic acids is 1. The van der Waals surface area contributed by atoms with Gasteiger partial charge in [0.05, 0.1) is 16.8 Å². The van der Waals surface area contributed by atoms with Crippen LogP contribution in [0.5, 0.6) is 0 Å². The molecule has 3 heterocycles. The fraction of sp³-hybridized carbons (Fsp3) is 0.115. The van der Waals surface area contributed by atoms with E-state index in [0.29, 0.717) is 12.1 Å². The highest BCUT2D eigenvalue weighted by atomic mass is 16.1. The highest BCUT2D eigenvalue weighted by Gasteiger charge is 2.14. The summed E-state index contributed by atoms with van der Waals surface area (Å²) in [4.78, 5) is 25.3. The quantitative estimate of drug-likeness (QED) is 0.429. The van der Waals surface area contributed by atoms with Crippen molar-refractivity contribution in [2.24, 2.45) is 0 Å². The molecule has 0 aliphatic carbocycles. The molecule has 0 bridgehead atoms. The number of aromatic nitrogens is 3. The van der Waals surface area contributed by atoms with E-state index in [1.54, 1.807) is 12.4 Å². The summed E-state index contributed by atoms with van der Waals surface area (Å²) in [7, 11) is 0. The van der Waals surface area contributed by atoms with Gasteiger partial charge in [-0.25, -0.2) is 4.98 Å². The standard InChI is InChI=1S/C26H22N4O/c1-17-8-9-23-21(13-17)18(16-29-23)10-12-28-26(31)22-14-25(19-5-4-11-27-15-19)30-24-7-3-2-6-20(22)24/h2-9,11,13-16,29H,10,12H2,1H3,(H,28,31). The van der Waals surface area contributed by atoms with Crippen molar-refractivity contribution >= 4 is 27.7 Å². The first-order valence-corrected chi connectivity index (χ1v) is 10.3. The number of nitrogens with one attached hydrogen (secondary N) is 2. The average molecular weight is 406 g/mol. The summed E-state index contributed by atoms with van der Waals surface area (Å²) in [5.41, 5.74) is 6.59. The Bertz CT molecular complexity index is 1390. The summed E-state index contributed by atoms with van der Waals surface area (Å²) in [6.45, 7) is 2.64. The molecule has 0 aliphatic heterocycles. The molecule has 152 valence electrons. The number of rotatable bonds is 5. The van der Waals surface area contributed by atoms with Crippen molar-refractivity contribution in [2.45, 2.75) is 13.3 Å². The molecule has 5 heteroatoms. The predicted octanol–water partition coefficient (Wildman–Crippen LogP) is 5.06. The Labute approximate surface area is 180 Å². The van der Waals surface area contributed by atoms with Gasteiger partial charge in [0.1, 0.15) is 0 Å². The smallest absolute Gasteiger partial charge is 0.252 e. The van der Waals surface area contributed by atoms with E-state index in [9.17, 15) is 4.79 Å². The third-order valence-electron chi connectivity index (χ3n) is 5.52. The molecular formula is C26H22N4O. The minimum Gasteiger partial charge on any atom is -0.361 e. The van der Waals surface area contributed by atoms with Crippen molar-refractivity contribution in [1.29, 1.82) is 0 Å². The SMILES string of the molecule is Cc1ccc2[nH]cc(CCNC(=O)c3cc(-c4cccnc4)nc4ccccc34)c2c1. The molecular weight excluding hydrogens is 384 g/mol. The van der Waals surface area contributed by atoms with E-state index in [1.807, 2.05) is 48.7 Å². The number of para-hydroxylation sites is 1. The van der Waals surface area contributed by atoms with Crippen molar-refractivity contribution in [2.75, 3.05) is 6.54 Å². The highest BCUT2D eigenvalue weighted by Crippen LogP contribution is 2.24. The van der Waals surface area contributed by atoms with Crippen LogP contribution in [0.4, 0.5) is 0 Å². The second-order valence-electron chi connectivity index (χ2n) is 7.68. The van der Waals surface area contributed by atoms with Crippen LogP contribution in [0.3, 0.4) is 0 Å². The number of carbonyl (C=O) groups is 1. The molecule has 5 aromatic rings. The number of aromatic amines is 1. The first-order chi connectivity index (χ1) is 15.2. The minimum atomic E-state index is -0.0974. The Kier molecular flexibility index (Phi) is 4.92. The molecule has 31 heavy (non-hydrogen) atoms. The summed E-state index contributed by atoms with van der Waals surface area (Å²) < 4.78 is 0. The average Bonchev–Trinajstić information content (AvgIpc) is 3.20. The predicted molar refractivity (Wildman–Crippen MR) is 124 cm³/mol. The molecule has 0 radical (unpaired) electrons. The molecule has 2 N–H and O–H groups in total. The molecule has 5 rings (SSSR count). The van der Waals surface area contributed by atoms with Crippen LogP contribution in [0.1, 0.15) is 21.5 Å². The van der Waals surface area contributed by atoms with E-state index in [1.165, 1.54) is 16.5 Å². The molecule has 1 amide bonds. The maximum atomic E-state index is 13.1. The zero-order chi connectivity index (χ0) is 21.2. The zero-order valence-electron chi connectivity index (χ0n) is 17.2. The van der Waals surface area contributed by atoms with Crippen molar-refractivity contribution in [3.8, 4) is 11.3 Å². The van der Waals surface area contributed by atoms with Gasteiger partial charge in [-0.3, -0.25) is 9.78 Å². The van der Waals surface area contributed by atoms with Crippen molar-refractivity contribution < 1.29 is 4.79 Å². The van der Waals surface area contributed by atoms with E-state index < -0.39 is 0 Å². The lowest BCUT2D eigenvalue weighted by Gasteiger charge is -2.10. The van der Waals surface area contributed by atoms with Gasteiger partial charge in [-0.2, -0.15) is 0 Å². The summed E-state index contributed by atoms with van der Waals surface area (Å²) in [6.07, 6.45) is 6.27. The van der Waals surface area contributed by atoms with Crippen LogP contribution in [0.15, 0.2) is 79.3 Å². The van der Waals surface area contributed by atoms with E-state index >= 15 is 0 Å². The molecule has 0 atom stereocenters. The number of pyridine rings is 2. The monoisotopic (exact) mass is 406 g/mol. The van der Waals surface area contributed by atoms with Gasteiger partial charge in [0.15, 0.2) is 0 Å². The lowest BCUT2D eigenvalue weighted by Crippen LogP contribution is -2.26. The van der Waals surface area contributed by atoms with E-state index in [0.717, 1.165) is 34.1 Å². The third-order valence-corrected chi connectivity index (χ3v) is 5.52. The third kappa shape index (κ3) is 3.78. The van der Waals surface area contributed by atoms with Crippen LogP contribution < -0.4 is 5.32 Å². The van der Waals surface area contributed by atoms with Gasteiger partial charge < -0.3 is 10.3 Å². The minimum absolute atomic E-state index is 0.0974. The lowest BCUT2D eigenvalue weighted by molar-refractivity contribution is 0.0956. The molecule has 0 saturated heterocycles. The van der Waals surface area contributed by atoms with E-state index in [-0.39, 0.29) is 5.91 Å². The normalized spacial score (nSPS) is 11.1. The Morgan fingerprint density at radius 1 is 1.03 bits per heavy atom. The molecule has 3 aromatic heterocycles. The summed E-state index contributed by atoms with van der Waals surface area (Å²) in [6, 6.07) is 19.8. The van der Waals surface area contributed by atoms with E-state index in [2.05, 4.69) is 40.4 Å². The topological polar surface area (TPSA) is 70.7 Å². The number of aryl methyl sites for hydroxylation is 1. The van der Waals surface area contributed by atoms with Crippen molar-refractivity contribution in [3.05, 3.63) is 95.9 Å². The first-order valence-electron chi connectivity index (χ1n) is 10.3. The van der Waals surface area contributed by atoms with Crippen LogP contribution in [0.25, 0.3) is 33.1 Å². The first kappa shape index (κ1) is 19.0. The van der Waals surface area contributed by atoms with Crippen LogP contribution >= 0.6 is 0 Å². The Balaban J connectivity index is 1.40. The highest BCUT2D eigenvalue weighted by molar-refractivity contribution is 6.07. The zero-order valence-corrected chi connectivity index (χ0v) is 17.2. The number of H-pyrrole nitrogens is 1. The van der Waals surface area contributed by atoms with Crippen molar-refractivity contribution in [3.63, 3.8) is 0 Å². The molecule has 0 aliphatic rings. The van der Waals surface area contributed by atoms with Crippen LogP contribution in [-0.4, -0.2) is 27.4 Å². The second-order valence-corrected chi connectivity index (χ2v) is 7.68. The number of amides is 1. The largest absolute Gasteiger partial charge is 0.361 e. The number of hydrogen-bond donors (Lipinski definition) is 2. The van der Waals surface area contributed by atoms with Crippen LogP contribution in [0, 0.1) is 6.92 Å². The van der Waals surface area contributed by atoms with Crippen LogP contribution in [0.2, 0.25) is 0 Å². The summed E-state index contributed by atoms with van der Waals surface area (Å²) in [5, 5.41) is 5.14. The summed E-state index contributed by atoms with van der Waals surface area (Å²) >= 11 is 0. The summed E-state index contributed by atoms with van der Waals surface area (Å²) in [5.74, 6) is -0.0974. The Morgan fingerprint density at radius 2 is 1.94 bits per heavy atom. The maximum Gasteiger partial charge on any atom is 0.252 e. The van der Waals surface area contributed by atoms with E-state index in [4.69, 9.17) is 4.98 Å². The molecule has 0 fully saturated rings. The van der Waals surface area contributed by atoms with Crippen LogP contribution in [-0.2, 0) is 6.42 Å². The molecule has 0 spiro atoms. The molecule has 0 unspecified atom stereocenters. The number of hydrogen-bond acceptors (Lipinski definition) is 3. The van der Waals surface area contributed by atoms with Gasteiger partial charge in [-0.15, -0.1) is 0 Å². The molecule has 0 saturated carbocycles. The fourth-order valence-electron chi connectivity index (χ4n) is 3.93. The van der Waals surface area contributed by atoms with Gasteiger partial charge in [0, 0.05) is 47.0 Å². The number of nitrogens with zero attached hydrogens (tertiary/aromatic N) is 2. The Morgan fingerprint density at radius 3 is 2.81 bits per heavy atom. The lowest BCUT2D eigenvalue weighted by atomic mass is 10.0. The Hall–Kier alpha value is -3.99. The maximum absolute atomic E-state index is 13.1. The molecule has 5 nitrogen and oxygen atoms in total.